The van der Waals surface area contributed by atoms with Crippen molar-refractivity contribution in [3.63, 3.8) is 0 Å². The normalized spacial score (nSPS) is 19.6. The van der Waals surface area contributed by atoms with E-state index in [1.807, 2.05) is 0 Å². The van der Waals surface area contributed by atoms with E-state index >= 15 is 0 Å². The molecule has 10 heteroatoms. The van der Waals surface area contributed by atoms with Gasteiger partial charge in [-0.25, -0.2) is 26.0 Å². The van der Waals surface area contributed by atoms with Crippen LogP contribution in [0.3, 0.4) is 0 Å². The van der Waals surface area contributed by atoms with Crippen LogP contribution in [0.25, 0.3) is 0 Å². The van der Waals surface area contributed by atoms with E-state index in [1.54, 1.807) is 7.05 Å². The smallest absolute Gasteiger partial charge is 0.249 e. The Balaban J connectivity index is 0.00000220. The summed E-state index contributed by atoms with van der Waals surface area (Å²) in [7, 11) is -3.01. The van der Waals surface area contributed by atoms with Crippen molar-refractivity contribution in [2.75, 3.05) is 20.1 Å². The van der Waals surface area contributed by atoms with E-state index in [1.165, 1.54) is 0 Å². The van der Waals surface area contributed by atoms with Crippen molar-refractivity contribution >= 4 is 22.4 Å². The fraction of sp³-hybridized carbons (Fsp3) is 0.455. The zero-order valence-corrected chi connectivity index (χ0v) is 12.5. The summed E-state index contributed by atoms with van der Waals surface area (Å²) >= 11 is 0. The Morgan fingerprint density at radius 2 is 1.71 bits per heavy atom. The first-order valence-electron chi connectivity index (χ1n) is 5.79. The summed E-state index contributed by atoms with van der Waals surface area (Å²) in [5.74, 6) is -7.30. The Bertz CT molecular complexity index is 615. The van der Waals surface area contributed by atoms with Crippen molar-refractivity contribution in [3.8, 4) is 0 Å². The van der Waals surface area contributed by atoms with Crippen molar-refractivity contribution < 1.29 is 26.0 Å². The number of nitrogens with zero attached hydrogens (tertiary/aromatic N) is 1. The minimum absolute atomic E-state index is 0. The molecule has 0 amide bonds. The van der Waals surface area contributed by atoms with Crippen molar-refractivity contribution in [2.24, 2.45) is 0 Å². The number of nitrogens with one attached hydrogen (secondary N) is 1. The molecule has 1 atom stereocenters. The van der Waals surface area contributed by atoms with E-state index in [-0.39, 0.29) is 37.6 Å². The highest BCUT2D eigenvalue weighted by atomic mass is 35.5. The van der Waals surface area contributed by atoms with Crippen molar-refractivity contribution in [2.45, 2.75) is 17.4 Å². The summed E-state index contributed by atoms with van der Waals surface area (Å²) in [4.78, 5) is -1.58. The SMILES string of the molecule is CNC1CCN(S(=O)(=O)c2c(F)c(F)cc(F)c2F)C1.Cl. The lowest BCUT2D eigenvalue weighted by molar-refractivity contribution is 0.404. The van der Waals surface area contributed by atoms with Gasteiger partial charge in [0.2, 0.25) is 10.0 Å². The topological polar surface area (TPSA) is 49.4 Å². The average Bonchev–Trinajstić information content (AvgIpc) is 2.86. The van der Waals surface area contributed by atoms with Crippen molar-refractivity contribution in [3.05, 3.63) is 29.3 Å². The number of likely N-dealkylation sites (N-methyl/N-ethyl adjacent to an activating group) is 1. The largest absolute Gasteiger partial charge is 0.316 e. The van der Waals surface area contributed by atoms with Crippen LogP contribution >= 0.6 is 12.4 Å². The first kappa shape index (κ1) is 18.1. The number of hydrogen-bond donors (Lipinski definition) is 1. The second kappa shape index (κ2) is 6.47. The average molecular weight is 349 g/mol. The molecule has 1 fully saturated rings. The number of benzene rings is 1. The molecule has 1 aromatic carbocycles. The fourth-order valence-electron chi connectivity index (χ4n) is 2.09. The molecule has 4 nitrogen and oxygen atoms in total. The second-order valence-electron chi connectivity index (χ2n) is 4.43. The minimum atomic E-state index is -4.62. The van der Waals surface area contributed by atoms with Crippen LogP contribution in [0.1, 0.15) is 6.42 Å². The molecule has 1 N–H and O–H groups in total. The molecule has 1 aromatic rings. The molecule has 2 rings (SSSR count). The Morgan fingerprint density at radius 1 is 1.19 bits per heavy atom. The second-order valence-corrected chi connectivity index (χ2v) is 6.31. The summed E-state index contributed by atoms with van der Waals surface area (Å²) < 4.78 is 78.4. The van der Waals surface area contributed by atoms with E-state index in [4.69, 9.17) is 0 Å². The van der Waals surface area contributed by atoms with E-state index in [9.17, 15) is 26.0 Å². The number of halogens is 5. The first-order chi connectivity index (χ1) is 9.28. The van der Waals surface area contributed by atoms with E-state index < -0.39 is 38.2 Å². The van der Waals surface area contributed by atoms with Crippen LogP contribution in [-0.4, -0.2) is 38.9 Å². The van der Waals surface area contributed by atoms with Crippen LogP contribution in [0.5, 0.6) is 0 Å². The third kappa shape index (κ3) is 3.15. The molecule has 1 heterocycles. The first-order valence-corrected chi connectivity index (χ1v) is 7.23. The molecule has 1 unspecified atom stereocenters. The van der Waals surface area contributed by atoms with Crippen LogP contribution in [0.2, 0.25) is 0 Å². The molecule has 120 valence electrons. The van der Waals surface area contributed by atoms with Gasteiger partial charge in [-0.05, 0) is 13.5 Å². The predicted molar refractivity (Wildman–Crippen MR) is 69.7 cm³/mol. The molecule has 1 aliphatic rings. The third-order valence-corrected chi connectivity index (χ3v) is 5.11. The van der Waals surface area contributed by atoms with Gasteiger partial charge < -0.3 is 5.32 Å². The van der Waals surface area contributed by atoms with Crippen LogP contribution in [0.15, 0.2) is 11.0 Å². The van der Waals surface area contributed by atoms with E-state index in [0.29, 0.717) is 6.42 Å². The summed E-state index contributed by atoms with van der Waals surface area (Å²) in [6, 6.07) is -0.196. The highest BCUT2D eigenvalue weighted by molar-refractivity contribution is 7.89. The lowest BCUT2D eigenvalue weighted by atomic mass is 10.3. The van der Waals surface area contributed by atoms with E-state index in [2.05, 4.69) is 5.32 Å². The standard InChI is InChI=1S/C11H12F4N2O2S.ClH/c1-16-6-2-3-17(5-6)20(18,19)11-9(14)7(12)4-8(13)10(11)15;/h4,6,16H,2-3,5H2,1H3;1H. The predicted octanol–water partition coefficient (Wildman–Crippen LogP) is 1.65. The maximum absolute atomic E-state index is 13.6. The maximum atomic E-state index is 13.6. The molecular weight excluding hydrogens is 336 g/mol. The van der Waals surface area contributed by atoms with E-state index in [0.717, 1.165) is 4.31 Å². The van der Waals surface area contributed by atoms with Gasteiger partial charge in [0.25, 0.3) is 0 Å². The molecule has 0 aliphatic carbocycles. The molecule has 1 aliphatic heterocycles. The highest BCUT2D eigenvalue weighted by Crippen LogP contribution is 2.28. The maximum Gasteiger partial charge on any atom is 0.249 e. The van der Waals surface area contributed by atoms with Gasteiger partial charge in [-0.1, -0.05) is 0 Å². The molecule has 0 aromatic heterocycles. The monoisotopic (exact) mass is 348 g/mol. The van der Waals surface area contributed by atoms with Gasteiger partial charge in [-0.15, -0.1) is 12.4 Å². The van der Waals surface area contributed by atoms with Crippen LogP contribution in [0, 0.1) is 23.3 Å². The van der Waals surface area contributed by atoms with Crippen LogP contribution in [-0.2, 0) is 10.0 Å². The van der Waals surface area contributed by atoms with Crippen molar-refractivity contribution in [1.29, 1.82) is 0 Å². The molecule has 21 heavy (non-hydrogen) atoms. The number of sulfonamides is 1. The van der Waals surface area contributed by atoms with Gasteiger partial charge in [0.05, 0.1) is 0 Å². The van der Waals surface area contributed by atoms with Crippen LogP contribution < -0.4 is 5.32 Å². The fourth-order valence-corrected chi connectivity index (χ4v) is 3.72. The summed E-state index contributed by atoms with van der Waals surface area (Å²) in [5, 5.41) is 2.83. The summed E-state index contributed by atoms with van der Waals surface area (Å²) in [6.45, 7) is 0.000693. The zero-order chi connectivity index (χ0) is 15.1. The molecule has 0 bridgehead atoms. The van der Waals surface area contributed by atoms with Gasteiger partial charge >= 0.3 is 0 Å². The summed E-state index contributed by atoms with van der Waals surface area (Å²) in [5.41, 5.74) is 0. The van der Waals surface area contributed by atoms with Gasteiger partial charge in [-0.3, -0.25) is 0 Å². The Morgan fingerprint density at radius 3 is 2.14 bits per heavy atom. The zero-order valence-electron chi connectivity index (χ0n) is 10.9. The van der Waals surface area contributed by atoms with Crippen molar-refractivity contribution in [1.82, 2.24) is 9.62 Å². The molecule has 0 spiro atoms. The molecular formula is C11H13ClF4N2O2S. The minimum Gasteiger partial charge on any atom is -0.316 e. The Labute approximate surface area is 125 Å². The Kier molecular flexibility index (Phi) is 5.59. The molecule has 0 radical (unpaired) electrons. The van der Waals surface area contributed by atoms with Gasteiger partial charge in [0.15, 0.2) is 28.2 Å². The Hall–Kier alpha value is -0.900. The number of hydrogen-bond acceptors (Lipinski definition) is 3. The van der Waals surface area contributed by atoms with Gasteiger partial charge in [-0.2, -0.15) is 4.31 Å². The highest BCUT2D eigenvalue weighted by Gasteiger charge is 2.37. The molecule has 0 saturated carbocycles. The lowest BCUT2D eigenvalue weighted by Gasteiger charge is -2.17. The number of rotatable bonds is 3. The van der Waals surface area contributed by atoms with Crippen LogP contribution in [0.4, 0.5) is 17.6 Å². The van der Waals surface area contributed by atoms with Gasteiger partial charge in [0, 0.05) is 25.2 Å². The molecule has 1 saturated heterocycles. The third-order valence-electron chi connectivity index (χ3n) is 3.23. The summed E-state index contributed by atoms with van der Waals surface area (Å²) in [6.07, 6.45) is 0.441. The van der Waals surface area contributed by atoms with Gasteiger partial charge in [0.1, 0.15) is 0 Å². The lowest BCUT2D eigenvalue weighted by Crippen LogP contribution is -2.34. The quantitative estimate of drug-likeness (QED) is 0.667.